The molecule has 0 radical (unpaired) electrons. The lowest BCUT2D eigenvalue weighted by Crippen LogP contribution is -2.10. The van der Waals surface area contributed by atoms with Gasteiger partial charge in [-0.05, 0) is 60.3 Å². The minimum absolute atomic E-state index is 0.565. The van der Waals surface area contributed by atoms with Crippen molar-refractivity contribution < 1.29 is 5.11 Å². The number of benzene rings is 1. The monoisotopic (exact) mass is 268 g/mol. The molecule has 17 heavy (non-hydrogen) atoms. The molecule has 1 saturated heterocycles. The first-order valence-corrected chi connectivity index (χ1v) is 7.82. The van der Waals surface area contributed by atoms with Gasteiger partial charge in [0.05, 0.1) is 5.60 Å². The highest BCUT2D eigenvalue weighted by atomic mass is 35.5. The van der Waals surface area contributed by atoms with Gasteiger partial charge < -0.3 is 5.11 Å². The zero-order chi connectivity index (χ0) is 11.9. The summed E-state index contributed by atoms with van der Waals surface area (Å²) >= 11 is 8.41. The highest BCUT2D eigenvalue weighted by Gasteiger charge is 2.42. The molecule has 1 aliphatic carbocycles. The summed E-state index contributed by atoms with van der Waals surface area (Å²) in [6.45, 7) is 0. The molecule has 0 amide bonds. The van der Waals surface area contributed by atoms with E-state index in [0.29, 0.717) is 5.92 Å². The molecule has 0 spiro atoms. The maximum Gasteiger partial charge on any atom is 0.0899 e. The third-order valence-electron chi connectivity index (χ3n) is 3.92. The van der Waals surface area contributed by atoms with E-state index in [1.54, 1.807) is 0 Å². The van der Waals surface area contributed by atoms with Gasteiger partial charge in [-0.1, -0.05) is 23.7 Å². The minimum Gasteiger partial charge on any atom is -0.385 e. The molecule has 0 aromatic heterocycles. The molecule has 1 aromatic carbocycles. The van der Waals surface area contributed by atoms with E-state index in [9.17, 15) is 5.11 Å². The molecule has 1 N–H and O–H groups in total. The number of rotatable bonds is 2. The molecular weight excluding hydrogens is 252 g/mol. The van der Waals surface area contributed by atoms with Crippen molar-refractivity contribution >= 4 is 23.4 Å². The maximum atomic E-state index is 10.1. The topological polar surface area (TPSA) is 20.2 Å². The number of thioether (sulfide) groups is 1. The second-order valence-electron chi connectivity index (χ2n) is 5.15. The van der Waals surface area contributed by atoms with E-state index in [-0.39, 0.29) is 0 Å². The van der Waals surface area contributed by atoms with Gasteiger partial charge in [0.2, 0.25) is 0 Å². The van der Waals surface area contributed by atoms with Crippen LogP contribution in [0.15, 0.2) is 18.2 Å². The first-order valence-electron chi connectivity index (χ1n) is 6.29. The lowest BCUT2D eigenvalue weighted by Gasteiger charge is -2.23. The molecule has 1 heterocycles. The predicted molar refractivity (Wildman–Crippen MR) is 73.9 cm³/mol. The fraction of sp³-hybridized carbons (Fsp3) is 0.571. The second kappa shape index (κ2) is 4.49. The summed E-state index contributed by atoms with van der Waals surface area (Å²) in [6, 6.07) is 6.18. The molecule has 1 aromatic rings. The fourth-order valence-electron chi connectivity index (χ4n) is 2.56. The van der Waals surface area contributed by atoms with Gasteiger partial charge >= 0.3 is 0 Å². The standard InChI is InChI=1S/C14H17ClOS/c15-13-9-11(14(16)5-6-14)1-2-12(13)10-3-7-17-8-4-10/h1-2,9-10,16H,3-8H2. The Morgan fingerprint density at radius 2 is 1.94 bits per heavy atom. The third-order valence-corrected chi connectivity index (χ3v) is 5.30. The van der Waals surface area contributed by atoms with E-state index >= 15 is 0 Å². The Labute approximate surface area is 112 Å². The van der Waals surface area contributed by atoms with Crippen LogP contribution < -0.4 is 0 Å². The Morgan fingerprint density at radius 3 is 2.53 bits per heavy atom. The average Bonchev–Trinajstić information content (AvgIpc) is 3.10. The van der Waals surface area contributed by atoms with E-state index in [1.807, 2.05) is 17.8 Å². The Morgan fingerprint density at radius 1 is 1.24 bits per heavy atom. The SMILES string of the molecule is OC1(c2ccc(C3CCSCC3)c(Cl)c2)CC1. The summed E-state index contributed by atoms with van der Waals surface area (Å²) in [5, 5.41) is 10.9. The summed E-state index contributed by atoms with van der Waals surface area (Å²) in [5.74, 6) is 3.10. The minimum atomic E-state index is -0.565. The van der Waals surface area contributed by atoms with Crippen molar-refractivity contribution in [1.82, 2.24) is 0 Å². The number of hydrogen-bond donors (Lipinski definition) is 1. The summed E-state index contributed by atoms with van der Waals surface area (Å²) < 4.78 is 0. The Kier molecular flexibility index (Phi) is 3.14. The highest BCUT2D eigenvalue weighted by molar-refractivity contribution is 7.99. The Hall–Kier alpha value is -0.180. The summed E-state index contributed by atoms with van der Waals surface area (Å²) in [7, 11) is 0. The van der Waals surface area contributed by atoms with E-state index in [0.717, 1.165) is 23.4 Å². The third kappa shape index (κ3) is 2.35. The first kappa shape index (κ1) is 11.9. The molecule has 3 rings (SSSR count). The molecule has 0 bridgehead atoms. The Bertz CT molecular complexity index is 422. The van der Waals surface area contributed by atoms with Crippen molar-refractivity contribution in [2.75, 3.05) is 11.5 Å². The van der Waals surface area contributed by atoms with Crippen LogP contribution in [0.2, 0.25) is 5.02 Å². The number of aliphatic hydroxyl groups is 1. The smallest absolute Gasteiger partial charge is 0.0899 e. The van der Waals surface area contributed by atoms with Crippen LogP contribution in [0.1, 0.15) is 42.7 Å². The molecule has 2 fully saturated rings. The van der Waals surface area contributed by atoms with Crippen LogP contribution >= 0.6 is 23.4 Å². The van der Waals surface area contributed by atoms with Crippen molar-refractivity contribution in [3.8, 4) is 0 Å². The normalized spacial score (nSPS) is 23.6. The van der Waals surface area contributed by atoms with E-state index < -0.39 is 5.60 Å². The maximum absolute atomic E-state index is 10.1. The molecule has 1 saturated carbocycles. The van der Waals surface area contributed by atoms with Crippen LogP contribution in [0.5, 0.6) is 0 Å². The molecule has 1 aliphatic heterocycles. The van der Waals surface area contributed by atoms with Gasteiger partial charge in [-0.25, -0.2) is 0 Å². The fourth-order valence-corrected chi connectivity index (χ4v) is 4.00. The molecule has 92 valence electrons. The summed E-state index contributed by atoms with van der Waals surface area (Å²) in [4.78, 5) is 0. The highest BCUT2D eigenvalue weighted by Crippen LogP contribution is 2.47. The lowest BCUT2D eigenvalue weighted by atomic mass is 9.92. The van der Waals surface area contributed by atoms with E-state index in [2.05, 4.69) is 12.1 Å². The van der Waals surface area contributed by atoms with Gasteiger partial charge in [-0.2, -0.15) is 11.8 Å². The molecule has 1 nitrogen and oxygen atoms in total. The van der Waals surface area contributed by atoms with Crippen LogP contribution in [0, 0.1) is 0 Å². The molecule has 0 unspecified atom stereocenters. The summed E-state index contributed by atoms with van der Waals surface area (Å²) in [6.07, 6.45) is 4.22. The zero-order valence-electron chi connectivity index (χ0n) is 9.79. The van der Waals surface area contributed by atoms with Gasteiger partial charge in [-0.15, -0.1) is 0 Å². The first-order chi connectivity index (χ1) is 8.19. The van der Waals surface area contributed by atoms with Crippen molar-refractivity contribution in [1.29, 1.82) is 0 Å². The van der Waals surface area contributed by atoms with Crippen LogP contribution in [0.4, 0.5) is 0 Å². The average molecular weight is 269 g/mol. The number of halogens is 1. The van der Waals surface area contributed by atoms with Crippen LogP contribution in [0.25, 0.3) is 0 Å². The molecular formula is C14H17ClOS. The number of hydrogen-bond acceptors (Lipinski definition) is 2. The zero-order valence-corrected chi connectivity index (χ0v) is 11.4. The van der Waals surface area contributed by atoms with Gasteiger partial charge in [0.25, 0.3) is 0 Å². The lowest BCUT2D eigenvalue weighted by molar-refractivity contribution is 0.151. The van der Waals surface area contributed by atoms with Gasteiger partial charge in [0.15, 0.2) is 0 Å². The summed E-state index contributed by atoms with van der Waals surface area (Å²) in [5.41, 5.74) is 1.71. The second-order valence-corrected chi connectivity index (χ2v) is 6.79. The van der Waals surface area contributed by atoms with Gasteiger partial charge in [0, 0.05) is 5.02 Å². The largest absolute Gasteiger partial charge is 0.385 e. The Balaban J connectivity index is 1.85. The van der Waals surface area contributed by atoms with Crippen molar-refractivity contribution in [2.24, 2.45) is 0 Å². The van der Waals surface area contributed by atoms with Gasteiger partial charge in [0.1, 0.15) is 0 Å². The molecule has 3 heteroatoms. The van der Waals surface area contributed by atoms with E-state index in [1.165, 1.54) is 29.9 Å². The van der Waals surface area contributed by atoms with Crippen molar-refractivity contribution in [3.63, 3.8) is 0 Å². The predicted octanol–water partition coefficient (Wildman–Crippen LogP) is 3.93. The van der Waals surface area contributed by atoms with Gasteiger partial charge in [-0.3, -0.25) is 0 Å². The quantitative estimate of drug-likeness (QED) is 0.877. The van der Waals surface area contributed by atoms with Crippen molar-refractivity contribution in [2.45, 2.75) is 37.2 Å². The van der Waals surface area contributed by atoms with Crippen LogP contribution in [-0.2, 0) is 5.60 Å². The van der Waals surface area contributed by atoms with Crippen LogP contribution in [-0.4, -0.2) is 16.6 Å². The van der Waals surface area contributed by atoms with Crippen molar-refractivity contribution in [3.05, 3.63) is 34.3 Å². The van der Waals surface area contributed by atoms with E-state index in [4.69, 9.17) is 11.6 Å². The van der Waals surface area contributed by atoms with Crippen LogP contribution in [0.3, 0.4) is 0 Å². The molecule has 2 aliphatic rings. The molecule has 0 atom stereocenters.